The molecule has 9 nitrogen and oxygen atoms in total. The summed E-state index contributed by atoms with van der Waals surface area (Å²) in [5.74, 6) is -0.0881. The van der Waals surface area contributed by atoms with Gasteiger partial charge in [-0.2, -0.15) is 5.10 Å². The van der Waals surface area contributed by atoms with Gasteiger partial charge in [-0.1, -0.05) is 29.3 Å². The summed E-state index contributed by atoms with van der Waals surface area (Å²) in [7, 11) is -2.67. The fourth-order valence-corrected chi connectivity index (χ4v) is 6.45. The van der Waals surface area contributed by atoms with Crippen molar-refractivity contribution < 1.29 is 22.3 Å². The predicted octanol–water partition coefficient (Wildman–Crippen LogP) is 4.41. The van der Waals surface area contributed by atoms with Crippen LogP contribution in [0, 0.1) is 0 Å². The van der Waals surface area contributed by atoms with Crippen molar-refractivity contribution in [2.45, 2.75) is 30.0 Å². The van der Waals surface area contributed by atoms with Crippen LogP contribution in [0.5, 0.6) is 5.88 Å². The number of allylic oxidation sites excluding steroid dienone is 1. The number of aromatic nitrogens is 3. The number of carbonyl (C=O) groups excluding carboxylic acids is 1. The fourth-order valence-electron chi connectivity index (χ4n) is 3.64. The number of thiophene rings is 1. The van der Waals surface area contributed by atoms with Crippen LogP contribution in [-0.4, -0.2) is 42.9 Å². The van der Waals surface area contributed by atoms with Gasteiger partial charge in [0.1, 0.15) is 14.4 Å². The van der Waals surface area contributed by atoms with Gasteiger partial charge in [0.15, 0.2) is 0 Å². The van der Waals surface area contributed by atoms with Crippen LogP contribution in [0.3, 0.4) is 0 Å². The van der Waals surface area contributed by atoms with E-state index in [4.69, 9.17) is 27.9 Å². The van der Waals surface area contributed by atoms with Gasteiger partial charge in [-0.05, 0) is 36.5 Å². The molecule has 4 rings (SSSR count). The highest BCUT2D eigenvalue weighted by Crippen LogP contribution is 2.35. The molecule has 3 aromatic heterocycles. The molecule has 2 N–H and O–H groups in total. The first-order valence-electron chi connectivity index (χ1n) is 10.3. The Morgan fingerprint density at radius 2 is 2.09 bits per heavy atom. The van der Waals surface area contributed by atoms with E-state index in [9.17, 15) is 13.2 Å². The van der Waals surface area contributed by atoms with Crippen LogP contribution in [0.4, 0.5) is 9.18 Å². The number of ether oxygens (including phenoxy) is 1. The number of sulfonamides is 1. The molecule has 3 aromatic rings. The first-order valence-corrected chi connectivity index (χ1v) is 13.4. The highest BCUT2D eigenvalue weighted by atomic mass is 35.5. The van der Waals surface area contributed by atoms with Crippen molar-refractivity contribution in [3.8, 4) is 5.88 Å². The van der Waals surface area contributed by atoms with Gasteiger partial charge in [0.05, 0.1) is 37.1 Å². The van der Waals surface area contributed by atoms with E-state index in [-0.39, 0.29) is 13.6 Å². The van der Waals surface area contributed by atoms with Gasteiger partial charge in [-0.25, -0.2) is 27.3 Å². The smallest absolute Gasteiger partial charge is 0.329 e. The average Bonchev–Trinajstić information content (AvgIpc) is 3.41. The highest BCUT2D eigenvalue weighted by Gasteiger charge is 2.25. The number of hydrogen-bond donors (Lipinski definition) is 2. The molecule has 186 valence electrons. The van der Waals surface area contributed by atoms with Crippen LogP contribution in [-0.2, 0) is 23.0 Å². The van der Waals surface area contributed by atoms with E-state index < -0.39 is 28.4 Å². The zero-order valence-corrected chi connectivity index (χ0v) is 21.5. The van der Waals surface area contributed by atoms with Crippen molar-refractivity contribution in [1.29, 1.82) is 0 Å². The number of amides is 2. The largest absolute Gasteiger partial charge is 0.481 e. The number of urea groups is 1. The molecule has 35 heavy (non-hydrogen) atoms. The number of nitrogens with one attached hydrogen (secondary N) is 2. The van der Waals surface area contributed by atoms with E-state index in [2.05, 4.69) is 15.4 Å². The zero-order chi connectivity index (χ0) is 25.2. The molecule has 1 aliphatic carbocycles. The molecule has 0 saturated carbocycles. The first-order chi connectivity index (χ1) is 16.7. The van der Waals surface area contributed by atoms with Gasteiger partial charge >= 0.3 is 6.03 Å². The van der Waals surface area contributed by atoms with Crippen molar-refractivity contribution in [3.63, 3.8) is 0 Å². The lowest BCUT2D eigenvalue weighted by Crippen LogP contribution is -2.39. The Kier molecular flexibility index (Phi) is 7.64. The Hall–Kier alpha value is -2.67. The number of pyridine rings is 1. The minimum absolute atomic E-state index is 0.0587. The minimum Gasteiger partial charge on any atom is -0.481 e. The number of fused-ring (bicyclic) bond motifs is 1. The van der Waals surface area contributed by atoms with Crippen LogP contribution in [0.15, 0.2) is 40.6 Å². The van der Waals surface area contributed by atoms with Crippen molar-refractivity contribution in [2.75, 3.05) is 13.7 Å². The number of carbonyl (C=O) groups is 1. The summed E-state index contributed by atoms with van der Waals surface area (Å²) in [6, 6.07) is 3.64. The molecule has 1 aliphatic rings. The Morgan fingerprint density at radius 3 is 2.74 bits per heavy atom. The van der Waals surface area contributed by atoms with E-state index >= 15 is 4.39 Å². The van der Waals surface area contributed by atoms with E-state index in [0.29, 0.717) is 41.4 Å². The molecule has 0 aliphatic heterocycles. The zero-order valence-electron chi connectivity index (χ0n) is 18.3. The second-order valence-electron chi connectivity index (χ2n) is 7.60. The second-order valence-corrected chi connectivity index (χ2v) is 11.6. The maximum absolute atomic E-state index is 15.2. The van der Waals surface area contributed by atoms with Crippen LogP contribution < -0.4 is 14.8 Å². The molecule has 0 unspecified atom stereocenters. The number of methoxy groups -OCH3 is 1. The Labute approximate surface area is 215 Å². The predicted molar refractivity (Wildman–Crippen MR) is 131 cm³/mol. The summed E-state index contributed by atoms with van der Waals surface area (Å²) in [4.78, 5) is 16.4. The maximum Gasteiger partial charge on any atom is 0.329 e. The van der Waals surface area contributed by atoms with Gasteiger partial charge in [0, 0.05) is 17.8 Å². The topological polar surface area (TPSA) is 115 Å². The third kappa shape index (κ3) is 5.77. The van der Waals surface area contributed by atoms with Gasteiger partial charge in [0.2, 0.25) is 5.88 Å². The summed E-state index contributed by atoms with van der Waals surface area (Å²) < 4.78 is 48.3. The van der Waals surface area contributed by atoms with E-state index in [1.54, 1.807) is 23.1 Å². The standard InChI is InChI=1S/C21H20Cl2FN5O4S2/c1-33-17-6-5-12(8-25-17)11-29-19-13(9-27-29)3-2-4-14(19)16(24)10-26-21(30)28-35(31,32)18-7-15(22)20(23)34-18/h5-9H,2-4,10-11H2,1H3,(H2,26,28,30)/b16-14-. The number of halogens is 3. The molecule has 0 bridgehead atoms. The minimum atomic E-state index is -4.20. The summed E-state index contributed by atoms with van der Waals surface area (Å²) in [6.45, 7) is -0.113. The quantitative estimate of drug-likeness (QED) is 0.443. The summed E-state index contributed by atoms with van der Waals surface area (Å²) in [5, 5.41) is 6.73. The van der Waals surface area contributed by atoms with Crippen molar-refractivity contribution in [1.82, 2.24) is 24.8 Å². The Balaban J connectivity index is 1.47. The maximum atomic E-state index is 15.2. The van der Waals surface area contributed by atoms with Gasteiger partial charge in [-0.15, -0.1) is 11.3 Å². The normalized spacial score (nSPS) is 14.9. The van der Waals surface area contributed by atoms with E-state index in [1.807, 2.05) is 10.8 Å². The number of rotatable bonds is 7. The highest BCUT2D eigenvalue weighted by molar-refractivity contribution is 7.92. The van der Waals surface area contributed by atoms with Crippen molar-refractivity contribution in [2.24, 2.45) is 0 Å². The monoisotopic (exact) mass is 559 g/mol. The number of hydrogen-bond acceptors (Lipinski definition) is 7. The third-order valence-electron chi connectivity index (χ3n) is 5.26. The molecule has 14 heteroatoms. The lowest BCUT2D eigenvalue weighted by atomic mass is 9.92. The van der Waals surface area contributed by atoms with Gasteiger partial charge in [-0.3, -0.25) is 4.68 Å². The Bertz CT molecular complexity index is 1370. The molecule has 3 heterocycles. The van der Waals surface area contributed by atoms with Gasteiger partial charge < -0.3 is 10.1 Å². The Morgan fingerprint density at radius 1 is 1.29 bits per heavy atom. The first kappa shape index (κ1) is 25.4. The molecule has 0 radical (unpaired) electrons. The number of nitrogens with zero attached hydrogens (tertiary/aromatic N) is 3. The molecule has 0 saturated heterocycles. The molecule has 0 aromatic carbocycles. The lowest BCUT2D eigenvalue weighted by Gasteiger charge is -2.19. The van der Waals surface area contributed by atoms with Crippen molar-refractivity contribution >= 4 is 56.2 Å². The van der Waals surface area contributed by atoms with Crippen LogP contribution >= 0.6 is 34.5 Å². The summed E-state index contributed by atoms with van der Waals surface area (Å²) in [5.41, 5.74) is 2.84. The number of aryl methyl sites for hydroxylation is 1. The molecule has 0 spiro atoms. The third-order valence-corrected chi connectivity index (χ3v) is 8.93. The molecule has 0 atom stereocenters. The van der Waals surface area contributed by atoms with Crippen LogP contribution in [0.2, 0.25) is 9.36 Å². The molecular formula is C21H20Cl2FN5O4S2. The van der Waals surface area contributed by atoms with Crippen LogP contribution in [0.1, 0.15) is 29.7 Å². The van der Waals surface area contributed by atoms with Gasteiger partial charge in [0.25, 0.3) is 10.0 Å². The van der Waals surface area contributed by atoms with Crippen LogP contribution in [0.25, 0.3) is 5.57 Å². The average molecular weight is 560 g/mol. The molecule has 0 fully saturated rings. The lowest BCUT2D eigenvalue weighted by molar-refractivity contribution is 0.246. The van der Waals surface area contributed by atoms with E-state index in [1.165, 1.54) is 7.11 Å². The fraction of sp³-hybridized carbons (Fsp3) is 0.286. The summed E-state index contributed by atoms with van der Waals surface area (Å²) in [6.07, 6.45) is 5.31. The summed E-state index contributed by atoms with van der Waals surface area (Å²) >= 11 is 12.3. The van der Waals surface area contributed by atoms with E-state index in [0.717, 1.165) is 30.0 Å². The molecule has 2 amide bonds. The second kappa shape index (κ2) is 10.5. The molecular weight excluding hydrogens is 540 g/mol. The van der Waals surface area contributed by atoms with Crippen molar-refractivity contribution in [3.05, 3.63) is 62.6 Å². The SMILES string of the molecule is COc1ccc(Cn2ncc3c2/C(=C(\F)CNC(=O)NS(=O)(=O)c2cc(Cl)c(Cl)s2)CCC3)cn1.